The molecule has 0 spiro atoms. The molecule has 3 aliphatic heterocycles. The summed E-state index contributed by atoms with van der Waals surface area (Å²) in [5, 5.41) is 30.9. The Morgan fingerprint density at radius 3 is 1.37 bits per heavy atom. The molecule has 0 aliphatic carbocycles. The molecule has 3 fully saturated rings. The van der Waals surface area contributed by atoms with Crippen molar-refractivity contribution in [3.05, 3.63) is 48.5 Å². The molecule has 3 N–H and O–H groups in total. The van der Waals surface area contributed by atoms with Gasteiger partial charge in [-0.1, -0.05) is 41.5 Å². The molecule has 2 aromatic rings. The van der Waals surface area contributed by atoms with Gasteiger partial charge >= 0.3 is 0 Å². The second-order valence-corrected chi connectivity index (χ2v) is 15.1. The van der Waals surface area contributed by atoms with Crippen molar-refractivity contribution in [1.29, 1.82) is 0 Å². The van der Waals surface area contributed by atoms with Gasteiger partial charge in [0.1, 0.15) is 30.8 Å². The summed E-state index contributed by atoms with van der Waals surface area (Å²) in [5.74, 6) is 2.87. The van der Waals surface area contributed by atoms with Crippen molar-refractivity contribution in [2.75, 3.05) is 69.0 Å². The highest BCUT2D eigenvalue weighted by Crippen LogP contribution is 2.26. The van der Waals surface area contributed by atoms with Crippen LogP contribution < -0.4 is 19.3 Å². The third-order valence-electron chi connectivity index (χ3n) is 8.43. The number of hydrogen-bond donors (Lipinski definition) is 3. The second-order valence-electron chi connectivity index (χ2n) is 15.1. The standard InChI is InChI=1S/C24H43NO4.C15H19NO4/c1-17(2)11-21(26)14-25(15-22(27)12-18(3)4)20-7-9-24(10-8-20)29-16-23(28)13-19(5)6;1-3-12(17-9-15-10-20-15)4-2-11(1)16(5-13-7-18-13)6-14-8-19-14/h7-10,17-19,21-23,26-28H,11-16H2,1-6H3;1-4,13-15H,5-10H2. The van der Waals surface area contributed by atoms with Gasteiger partial charge in [0.2, 0.25) is 0 Å². The molecule has 3 aliphatic rings. The fourth-order valence-electron chi connectivity index (χ4n) is 5.82. The van der Waals surface area contributed by atoms with Crippen LogP contribution in [-0.2, 0) is 14.2 Å². The molecular weight excluding hydrogens is 624 g/mol. The highest BCUT2D eigenvalue weighted by atomic mass is 16.6. The number of benzene rings is 2. The number of aliphatic hydroxyl groups is 3. The molecule has 0 amide bonds. The van der Waals surface area contributed by atoms with Gasteiger partial charge in [0.05, 0.1) is 50.3 Å². The molecule has 0 bridgehead atoms. The Hall–Kier alpha value is -2.60. The number of ether oxygens (including phenoxy) is 5. The smallest absolute Gasteiger partial charge is 0.119 e. The molecule has 6 unspecified atom stereocenters. The van der Waals surface area contributed by atoms with E-state index in [0.717, 1.165) is 57.2 Å². The van der Waals surface area contributed by atoms with Gasteiger partial charge < -0.3 is 48.8 Å². The summed E-state index contributed by atoms with van der Waals surface area (Å²) in [5.41, 5.74) is 2.15. The summed E-state index contributed by atoms with van der Waals surface area (Å²) in [7, 11) is 0. The second kappa shape index (κ2) is 19.7. The van der Waals surface area contributed by atoms with Crippen molar-refractivity contribution in [3.8, 4) is 11.5 Å². The van der Waals surface area contributed by atoms with Crippen molar-refractivity contribution >= 4 is 11.4 Å². The number of epoxide rings is 3. The van der Waals surface area contributed by atoms with Crippen LogP contribution in [0.4, 0.5) is 11.4 Å². The number of rotatable bonds is 22. The minimum atomic E-state index is -0.469. The van der Waals surface area contributed by atoms with Crippen molar-refractivity contribution in [2.24, 2.45) is 17.8 Å². The first-order valence-corrected chi connectivity index (χ1v) is 18.3. The first kappa shape index (κ1) is 39.2. The van der Waals surface area contributed by atoms with Crippen molar-refractivity contribution < 1.29 is 39.0 Å². The van der Waals surface area contributed by atoms with E-state index in [0.29, 0.717) is 67.9 Å². The van der Waals surface area contributed by atoms with E-state index in [9.17, 15) is 15.3 Å². The fourth-order valence-corrected chi connectivity index (χ4v) is 5.82. The molecule has 49 heavy (non-hydrogen) atoms. The van der Waals surface area contributed by atoms with E-state index in [1.54, 1.807) is 0 Å². The van der Waals surface area contributed by atoms with E-state index < -0.39 is 18.3 Å². The Labute approximate surface area is 294 Å². The monoisotopic (exact) mass is 686 g/mol. The van der Waals surface area contributed by atoms with Gasteiger partial charge in [-0.3, -0.25) is 0 Å². The first-order chi connectivity index (χ1) is 23.4. The predicted octanol–water partition coefficient (Wildman–Crippen LogP) is 5.16. The van der Waals surface area contributed by atoms with Crippen LogP contribution in [0.5, 0.6) is 11.5 Å². The summed E-state index contributed by atoms with van der Waals surface area (Å²) in [6, 6.07) is 15.9. The molecule has 3 heterocycles. The van der Waals surface area contributed by atoms with Gasteiger partial charge in [-0.05, 0) is 85.5 Å². The topological polar surface area (TPSA) is 123 Å². The Bertz CT molecular complexity index is 1150. The number of anilines is 2. The van der Waals surface area contributed by atoms with Crippen molar-refractivity contribution in [2.45, 2.75) is 97.4 Å². The van der Waals surface area contributed by atoms with Gasteiger partial charge in [-0.2, -0.15) is 0 Å². The zero-order valence-electron chi connectivity index (χ0n) is 30.6. The quantitative estimate of drug-likeness (QED) is 0.143. The molecule has 5 rings (SSSR count). The minimum Gasteiger partial charge on any atom is -0.491 e. The van der Waals surface area contributed by atoms with Gasteiger partial charge in [-0.15, -0.1) is 0 Å². The average molecular weight is 687 g/mol. The molecule has 0 aromatic heterocycles. The van der Waals surface area contributed by atoms with Crippen LogP contribution in [0.15, 0.2) is 48.5 Å². The predicted molar refractivity (Wildman–Crippen MR) is 194 cm³/mol. The summed E-state index contributed by atoms with van der Waals surface area (Å²) in [4.78, 5) is 4.39. The normalized spacial score (nSPS) is 21.1. The lowest BCUT2D eigenvalue weighted by Crippen LogP contribution is -2.39. The molecule has 0 radical (unpaired) electrons. The number of aliphatic hydroxyl groups excluding tert-OH is 3. The molecule has 276 valence electrons. The first-order valence-electron chi connectivity index (χ1n) is 18.3. The number of hydrogen-bond acceptors (Lipinski definition) is 10. The highest BCUT2D eigenvalue weighted by Gasteiger charge is 2.31. The minimum absolute atomic E-state index is 0.279. The molecule has 3 saturated heterocycles. The van der Waals surface area contributed by atoms with Gasteiger partial charge in [-0.25, -0.2) is 0 Å². The van der Waals surface area contributed by atoms with Crippen LogP contribution in [0.2, 0.25) is 0 Å². The average Bonchev–Trinajstić information content (AvgIpc) is 3.88. The van der Waals surface area contributed by atoms with Crippen LogP contribution in [-0.4, -0.2) is 111 Å². The van der Waals surface area contributed by atoms with E-state index in [1.807, 2.05) is 36.4 Å². The lowest BCUT2D eigenvalue weighted by molar-refractivity contribution is 0.0892. The van der Waals surface area contributed by atoms with Gasteiger partial charge in [0.15, 0.2) is 0 Å². The maximum Gasteiger partial charge on any atom is 0.119 e. The van der Waals surface area contributed by atoms with E-state index in [1.165, 1.54) is 5.69 Å². The molecule has 0 saturated carbocycles. The van der Waals surface area contributed by atoms with E-state index in [4.69, 9.17) is 23.7 Å². The fraction of sp³-hybridized carbons (Fsp3) is 0.692. The van der Waals surface area contributed by atoms with Crippen LogP contribution in [0.1, 0.15) is 60.8 Å². The van der Waals surface area contributed by atoms with Crippen molar-refractivity contribution in [1.82, 2.24) is 0 Å². The maximum absolute atomic E-state index is 10.4. The highest BCUT2D eigenvalue weighted by molar-refractivity contribution is 5.50. The SMILES string of the molecule is CC(C)CC(O)COc1ccc(N(CC(O)CC(C)C)CC(O)CC(C)C)cc1.c1cc(N(CC2CO2)CC2CO2)ccc1OCC1CO1. The van der Waals surface area contributed by atoms with Crippen molar-refractivity contribution in [3.63, 3.8) is 0 Å². The molecule has 10 nitrogen and oxygen atoms in total. The molecule has 10 heteroatoms. The lowest BCUT2D eigenvalue weighted by atomic mass is 10.0. The summed E-state index contributed by atoms with van der Waals surface area (Å²) in [6.45, 7) is 18.9. The largest absolute Gasteiger partial charge is 0.491 e. The Morgan fingerprint density at radius 1 is 0.571 bits per heavy atom. The zero-order chi connectivity index (χ0) is 35.3. The van der Waals surface area contributed by atoms with Gasteiger partial charge in [0, 0.05) is 37.6 Å². The van der Waals surface area contributed by atoms with Crippen LogP contribution in [0, 0.1) is 17.8 Å². The summed E-state index contributed by atoms with van der Waals surface area (Å²) >= 11 is 0. The lowest BCUT2D eigenvalue weighted by Gasteiger charge is -2.30. The summed E-state index contributed by atoms with van der Waals surface area (Å²) < 4.78 is 27.2. The zero-order valence-corrected chi connectivity index (χ0v) is 30.6. The van der Waals surface area contributed by atoms with E-state index in [-0.39, 0.29) is 6.61 Å². The van der Waals surface area contributed by atoms with Crippen LogP contribution >= 0.6 is 0 Å². The van der Waals surface area contributed by atoms with E-state index in [2.05, 4.69) is 63.5 Å². The maximum atomic E-state index is 10.4. The molecule has 6 atom stereocenters. The third kappa shape index (κ3) is 16.3. The van der Waals surface area contributed by atoms with E-state index >= 15 is 0 Å². The summed E-state index contributed by atoms with van der Waals surface area (Å²) in [6.07, 6.45) is 1.89. The third-order valence-corrected chi connectivity index (χ3v) is 8.43. The van der Waals surface area contributed by atoms with Gasteiger partial charge in [0.25, 0.3) is 0 Å². The number of nitrogens with zero attached hydrogens (tertiary/aromatic N) is 2. The Balaban J connectivity index is 0.000000233. The molecule has 2 aromatic carbocycles. The Kier molecular flexibility index (Phi) is 15.8. The Morgan fingerprint density at radius 2 is 0.959 bits per heavy atom. The van der Waals surface area contributed by atoms with Crippen LogP contribution in [0.3, 0.4) is 0 Å². The van der Waals surface area contributed by atoms with Crippen LogP contribution in [0.25, 0.3) is 0 Å². The molecular formula is C39H62N2O8.